The van der Waals surface area contributed by atoms with Crippen molar-refractivity contribution < 1.29 is 35.5 Å². The van der Waals surface area contributed by atoms with Gasteiger partial charge in [0, 0.05) is 23.5 Å². The monoisotopic (exact) mass is 682 g/mol. The van der Waals surface area contributed by atoms with Gasteiger partial charge in [-0.25, -0.2) is 0 Å². The van der Waals surface area contributed by atoms with Crippen molar-refractivity contribution in [2.24, 2.45) is 10.2 Å². The SMILES string of the molecule is O=C1C=C/C(=N/Nc2ccc(/C=C/c3ccc(N/N=C4/C=CC(=O)c5ncccc54)cc3S(=O)(=O)O)c(S(=O)(=O)O)c2)c2cccnc21. The van der Waals surface area contributed by atoms with Gasteiger partial charge in [-0.3, -0.25) is 39.5 Å². The van der Waals surface area contributed by atoms with Gasteiger partial charge >= 0.3 is 0 Å². The van der Waals surface area contributed by atoms with Gasteiger partial charge in [-0.15, -0.1) is 0 Å². The van der Waals surface area contributed by atoms with E-state index in [1.807, 2.05) is 0 Å². The third-order valence-electron chi connectivity index (χ3n) is 7.06. The third-order valence-corrected chi connectivity index (χ3v) is 8.87. The van der Waals surface area contributed by atoms with Crippen molar-refractivity contribution in [3.63, 3.8) is 0 Å². The first kappa shape index (κ1) is 32.0. The molecule has 0 spiro atoms. The first-order chi connectivity index (χ1) is 22.9. The van der Waals surface area contributed by atoms with E-state index < -0.39 is 30.0 Å². The minimum atomic E-state index is -4.78. The number of fused-ring (bicyclic) bond motifs is 2. The molecule has 0 saturated carbocycles. The number of ketones is 2. The Morgan fingerprint density at radius 2 is 1.02 bits per heavy atom. The van der Waals surface area contributed by atoms with Crippen LogP contribution in [0.25, 0.3) is 12.2 Å². The molecule has 6 rings (SSSR count). The van der Waals surface area contributed by atoms with E-state index in [0.717, 1.165) is 12.1 Å². The van der Waals surface area contributed by atoms with Gasteiger partial charge in [0.1, 0.15) is 21.2 Å². The predicted molar refractivity (Wildman–Crippen MR) is 177 cm³/mol. The quantitative estimate of drug-likeness (QED) is 0.116. The number of nitrogens with one attached hydrogen (secondary N) is 2. The molecule has 0 aliphatic heterocycles. The maximum atomic E-state index is 12.3. The molecule has 4 N–H and O–H groups in total. The highest BCUT2D eigenvalue weighted by molar-refractivity contribution is 7.86. The first-order valence-electron chi connectivity index (χ1n) is 13.8. The fourth-order valence-corrected chi connectivity index (χ4v) is 6.24. The summed E-state index contributed by atoms with van der Waals surface area (Å²) in [4.78, 5) is 31.3. The second-order valence-electron chi connectivity index (χ2n) is 10.2. The van der Waals surface area contributed by atoms with Crippen LogP contribution in [0.1, 0.15) is 43.2 Å². The lowest BCUT2D eigenvalue weighted by Gasteiger charge is -2.12. The maximum absolute atomic E-state index is 12.3. The fourth-order valence-electron chi connectivity index (χ4n) is 4.82. The van der Waals surface area contributed by atoms with Crippen LogP contribution >= 0.6 is 0 Å². The van der Waals surface area contributed by atoms with Crippen LogP contribution in [0.15, 0.2) is 117 Å². The summed E-state index contributed by atoms with van der Waals surface area (Å²) in [5, 5.41) is 8.49. The summed E-state index contributed by atoms with van der Waals surface area (Å²) in [6.07, 6.45) is 11.0. The number of anilines is 2. The topological polar surface area (TPSA) is 217 Å². The zero-order valence-electron chi connectivity index (χ0n) is 24.3. The average Bonchev–Trinajstić information content (AvgIpc) is 3.06. The van der Waals surface area contributed by atoms with E-state index >= 15 is 0 Å². The van der Waals surface area contributed by atoms with Crippen molar-refractivity contribution in [2.45, 2.75) is 9.79 Å². The summed E-state index contributed by atoms with van der Waals surface area (Å²) in [5.41, 5.74) is 7.85. The molecule has 0 amide bonds. The third kappa shape index (κ3) is 6.76. The lowest BCUT2D eigenvalue weighted by atomic mass is 10.00. The van der Waals surface area contributed by atoms with Crippen molar-refractivity contribution in [3.05, 3.63) is 131 Å². The number of aromatic nitrogens is 2. The van der Waals surface area contributed by atoms with Gasteiger partial charge in [-0.1, -0.05) is 24.3 Å². The van der Waals surface area contributed by atoms with Gasteiger partial charge < -0.3 is 0 Å². The van der Waals surface area contributed by atoms with Gasteiger partial charge in [0.25, 0.3) is 20.2 Å². The molecule has 0 unspecified atom stereocenters. The van der Waals surface area contributed by atoms with E-state index in [0.29, 0.717) is 22.6 Å². The summed E-state index contributed by atoms with van der Waals surface area (Å²) in [6.45, 7) is 0. The Bertz CT molecular complexity index is 2230. The average molecular weight is 683 g/mol. The Hall–Kier alpha value is -5.94. The molecule has 14 nitrogen and oxygen atoms in total. The Labute approximate surface area is 273 Å². The van der Waals surface area contributed by atoms with Gasteiger partial charge in [-0.2, -0.15) is 27.0 Å². The van der Waals surface area contributed by atoms with Gasteiger partial charge in [0.15, 0.2) is 0 Å². The summed E-state index contributed by atoms with van der Waals surface area (Å²) in [7, 11) is -9.56. The molecule has 2 aromatic carbocycles. The van der Waals surface area contributed by atoms with Crippen LogP contribution in [0.3, 0.4) is 0 Å². The van der Waals surface area contributed by atoms with Crippen molar-refractivity contribution >= 4 is 66.8 Å². The number of nitrogens with zero attached hydrogens (tertiary/aromatic N) is 4. The van der Waals surface area contributed by atoms with Gasteiger partial charge in [-0.05, 0) is 84.0 Å². The number of carbonyl (C=O) groups is 2. The highest BCUT2D eigenvalue weighted by Crippen LogP contribution is 2.27. The van der Waals surface area contributed by atoms with Crippen LogP contribution in [0, 0.1) is 0 Å². The number of hydrogen-bond donors (Lipinski definition) is 4. The number of benzene rings is 2. The van der Waals surface area contributed by atoms with Crippen molar-refractivity contribution in [1.82, 2.24) is 9.97 Å². The lowest BCUT2D eigenvalue weighted by Crippen LogP contribution is -2.15. The molecule has 0 fully saturated rings. The highest BCUT2D eigenvalue weighted by atomic mass is 32.2. The molecule has 0 radical (unpaired) electrons. The molecule has 240 valence electrons. The molecular formula is C32H22N6O8S2. The summed E-state index contributed by atoms with van der Waals surface area (Å²) in [5.74, 6) is -0.572. The molecule has 4 aromatic rings. The smallest absolute Gasteiger partial charge is 0.288 e. The minimum absolute atomic E-state index is 0.00537. The van der Waals surface area contributed by atoms with Crippen molar-refractivity contribution in [2.75, 3.05) is 10.9 Å². The van der Waals surface area contributed by atoms with Crippen LogP contribution in [-0.2, 0) is 20.2 Å². The van der Waals surface area contributed by atoms with Gasteiger partial charge in [0.05, 0.1) is 22.8 Å². The molecule has 0 bridgehead atoms. The first-order valence-corrected chi connectivity index (χ1v) is 16.7. The number of rotatable bonds is 8. The Morgan fingerprint density at radius 1 is 0.604 bits per heavy atom. The van der Waals surface area contributed by atoms with Crippen LogP contribution in [-0.4, -0.2) is 58.9 Å². The van der Waals surface area contributed by atoms with Gasteiger partial charge in [0.2, 0.25) is 11.6 Å². The number of hydrogen-bond acceptors (Lipinski definition) is 12. The zero-order valence-corrected chi connectivity index (χ0v) is 26.0. The molecule has 2 aromatic heterocycles. The lowest BCUT2D eigenvalue weighted by molar-refractivity contribution is 0.103. The van der Waals surface area contributed by atoms with E-state index in [9.17, 15) is 35.5 Å². The second-order valence-corrected chi connectivity index (χ2v) is 13.0. The number of hydrazone groups is 2. The zero-order chi connectivity index (χ0) is 34.1. The molecule has 0 saturated heterocycles. The van der Waals surface area contributed by atoms with Crippen LogP contribution in [0.4, 0.5) is 11.4 Å². The Morgan fingerprint density at radius 3 is 1.42 bits per heavy atom. The van der Waals surface area contributed by atoms with E-state index in [4.69, 9.17) is 0 Å². The van der Waals surface area contributed by atoms with E-state index in [2.05, 4.69) is 31.0 Å². The van der Waals surface area contributed by atoms with Crippen molar-refractivity contribution in [1.29, 1.82) is 0 Å². The van der Waals surface area contributed by atoms with Crippen LogP contribution in [0.2, 0.25) is 0 Å². The molecule has 2 aliphatic carbocycles. The normalized spacial score (nSPS) is 16.0. The highest BCUT2D eigenvalue weighted by Gasteiger charge is 2.21. The van der Waals surface area contributed by atoms with Crippen molar-refractivity contribution in [3.8, 4) is 0 Å². The summed E-state index contributed by atoms with van der Waals surface area (Å²) < 4.78 is 69.2. The number of allylic oxidation sites excluding steroid dienone is 4. The van der Waals surface area contributed by atoms with E-state index in [1.165, 1.54) is 73.1 Å². The van der Waals surface area contributed by atoms with Crippen LogP contribution < -0.4 is 10.9 Å². The molecule has 48 heavy (non-hydrogen) atoms. The predicted octanol–water partition coefficient (Wildman–Crippen LogP) is 4.28. The number of carbonyl (C=O) groups excluding carboxylic acids is 2. The van der Waals surface area contributed by atoms with E-state index in [1.54, 1.807) is 24.3 Å². The molecule has 16 heteroatoms. The standard InChI is InChI=1S/C32H22N6O8S2/c39-27-13-11-25(23-3-1-15-33-31(23)27)37-35-21-9-7-19(29(17-21)47(41,42)43)5-6-20-8-10-22(18-30(20)48(44,45)46)36-38-26-12-14-28(40)32-24(26)4-2-16-34-32/h1-18,35-36H,(H,41,42,43)(H,44,45,46)/b6-5+,37-25-,38-26-. The summed E-state index contributed by atoms with van der Waals surface area (Å²) >= 11 is 0. The molecule has 0 atom stereocenters. The summed E-state index contributed by atoms with van der Waals surface area (Å²) in [6, 6.07) is 14.5. The fraction of sp³-hybridized carbons (Fsp3) is 0. The number of pyridine rings is 2. The largest absolute Gasteiger partial charge is 0.295 e. The van der Waals surface area contributed by atoms with Crippen LogP contribution in [0.5, 0.6) is 0 Å². The second kappa shape index (κ2) is 12.7. The molecule has 2 heterocycles. The minimum Gasteiger partial charge on any atom is -0.288 e. The maximum Gasteiger partial charge on any atom is 0.295 e. The Balaban J connectivity index is 1.27. The molecular weight excluding hydrogens is 661 g/mol. The Kier molecular flexibility index (Phi) is 8.46. The molecule has 2 aliphatic rings. The van der Waals surface area contributed by atoms with E-state index in [-0.39, 0.29) is 45.5 Å².